The predicted octanol–water partition coefficient (Wildman–Crippen LogP) is 3.77. The van der Waals surface area contributed by atoms with Crippen molar-refractivity contribution in [3.8, 4) is 23.0 Å². The Morgan fingerprint density at radius 1 is 1.00 bits per heavy atom. The van der Waals surface area contributed by atoms with E-state index in [-0.39, 0.29) is 28.6 Å². The molecule has 12 heteroatoms. The zero-order chi connectivity index (χ0) is 24.0. The third-order valence-electron chi connectivity index (χ3n) is 4.29. The minimum absolute atomic E-state index is 0.0562. The number of nitro benzene ring substituents is 2. The van der Waals surface area contributed by atoms with E-state index in [4.69, 9.17) is 9.47 Å². The van der Waals surface area contributed by atoms with E-state index in [0.717, 1.165) is 18.2 Å². The van der Waals surface area contributed by atoms with Gasteiger partial charge in [-0.25, -0.2) is 5.43 Å². The highest BCUT2D eigenvalue weighted by molar-refractivity contribution is 5.97. The normalized spacial score (nSPS) is 10.6. The fourth-order valence-corrected chi connectivity index (χ4v) is 2.71. The molecule has 0 aromatic heterocycles. The Morgan fingerprint density at radius 2 is 1.73 bits per heavy atom. The zero-order valence-corrected chi connectivity index (χ0v) is 17.0. The van der Waals surface area contributed by atoms with Crippen LogP contribution in [0.3, 0.4) is 0 Å². The number of para-hydroxylation sites is 1. The Labute approximate surface area is 186 Å². The number of phenolic OH excluding ortho intramolecular Hbond substituents is 1. The fourth-order valence-electron chi connectivity index (χ4n) is 2.71. The molecule has 0 spiro atoms. The molecule has 0 radical (unpaired) electrons. The minimum Gasteiger partial charge on any atom is -0.507 e. The quantitative estimate of drug-likeness (QED) is 0.296. The predicted molar refractivity (Wildman–Crippen MR) is 116 cm³/mol. The van der Waals surface area contributed by atoms with Crippen LogP contribution >= 0.6 is 0 Å². The number of methoxy groups -OCH3 is 1. The minimum atomic E-state index is -0.789. The van der Waals surface area contributed by atoms with E-state index < -0.39 is 27.1 Å². The molecule has 0 aliphatic heterocycles. The second-order valence-corrected chi connectivity index (χ2v) is 6.39. The van der Waals surface area contributed by atoms with Crippen molar-refractivity contribution < 1.29 is 29.2 Å². The third kappa shape index (κ3) is 5.38. The van der Waals surface area contributed by atoms with Crippen LogP contribution in [0.5, 0.6) is 23.0 Å². The number of hydrazone groups is 1. The van der Waals surface area contributed by atoms with E-state index in [2.05, 4.69) is 10.5 Å². The lowest BCUT2D eigenvalue weighted by molar-refractivity contribution is -0.394. The fraction of sp³-hybridized carbons (Fsp3) is 0.0476. The first-order valence-electron chi connectivity index (χ1n) is 9.20. The highest BCUT2D eigenvalue weighted by Crippen LogP contribution is 2.38. The molecular weight excluding hydrogens is 436 g/mol. The Hall–Kier alpha value is -5.00. The molecule has 0 aliphatic carbocycles. The van der Waals surface area contributed by atoms with Gasteiger partial charge in [0.05, 0.1) is 34.8 Å². The summed E-state index contributed by atoms with van der Waals surface area (Å²) in [6, 6.07) is 13.5. The van der Waals surface area contributed by atoms with Crippen molar-refractivity contribution in [1.82, 2.24) is 5.43 Å². The SMILES string of the molecule is COc1cc(C=NNC(=O)c2ccccc2O)ccc1Oc1ccc([N+](=O)[O-])cc1[N+](=O)[O-]. The van der Waals surface area contributed by atoms with Crippen LogP contribution in [-0.4, -0.2) is 34.2 Å². The average molecular weight is 452 g/mol. The molecule has 0 aliphatic rings. The van der Waals surface area contributed by atoms with E-state index in [9.17, 15) is 30.1 Å². The summed E-state index contributed by atoms with van der Waals surface area (Å²) in [5.74, 6) is -0.695. The average Bonchev–Trinajstić information content (AvgIpc) is 2.80. The van der Waals surface area contributed by atoms with Crippen molar-refractivity contribution in [2.24, 2.45) is 5.10 Å². The Bertz CT molecular complexity index is 1260. The molecule has 33 heavy (non-hydrogen) atoms. The van der Waals surface area contributed by atoms with Gasteiger partial charge < -0.3 is 14.6 Å². The smallest absolute Gasteiger partial charge is 0.318 e. The lowest BCUT2D eigenvalue weighted by Gasteiger charge is -2.11. The van der Waals surface area contributed by atoms with Crippen molar-refractivity contribution in [2.45, 2.75) is 0 Å². The molecular formula is C21H16N4O8. The van der Waals surface area contributed by atoms with Crippen molar-refractivity contribution in [3.05, 3.63) is 92.0 Å². The van der Waals surface area contributed by atoms with E-state index in [0.29, 0.717) is 5.56 Å². The van der Waals surface area contributed by atoms with Crippen LogP contribution in [0.2, 0.25) is 0 Å². The second kappa shape index (κ2) is 9.87. The van der Waals surface area contributed by atoms with Crippen molar-refractivity contribution in [3.63, 3.8) is 0 Å². The van der Waals surface area contributed by atoms with Gasteiger partial charge in [0.1, 0.15) is 5.75 Å². The first-order valence-corrected chi connectivity index (χ1v) is 9.20. The number of aromatic hydroxyl groups is 1. The highest BCUT2D eigenvalue weighted by atomic mass is 16.6. The number of non-ortho nitro benzene ring substituents is 1. The maximum absolute atomic E-state index is 12.1. The van der Waals surface area contributed by atoms with Gasteiger partial charge in [0, 0.05) is 6.07 Å². The van der Waals surface area contributed by atoms with Gasteiger partial charge in [-0.3, -0.25) is 25.0 Å². The van der Waals surface area contributed by atoms with Gasteiger partial charge in [-0.2, -0.15) is 5.10 Å². The van der Waals surface area contributed by atoms with Gasteiger partial charge in [0.15, 0.2) is 11.5 Å². The van der Waals surface area contributed by atoms with Crippen LogP contribution < -0.4 is 14.9 Å². The molecule has 0 atom stereocenters. The van der Waals surface area contributed by atoms with Gasteiger partial charge in [-0.1, -0.05) is 12.1 Å². The number of nitrogens with zero attached hydrogens (tertiary/aromatic N) is 3. The van der Waals surface area contributed by atoms with E-state index in [1.54, 1.807) is 18.2 Å². The van der Waals surface area contributed by atoms with Gasteiger partial charge in [-0.15, -0.1) is 0 Å². The number of phenols is 1. The number of amides is 1. The second-order valence-electron chi connectivity index (χ2n) is 6.39. The summed E-state index contributed by atoms with van der Waals surface area (Å²) >= 11 is 0. The Kier molecular flexibility index (Phi) is 6.78. The number of rotatable bonds is 8. The maximum Gasteiger partial charge on any atom is 0.318 e. The third-order valence-corrected chi connectivity index (χ3v) is 4.29. The number of benzene rings is 3. The molecule has 1 amide bonds. The molecule has 2 N–H and O–H groups in total. The van der Waals surface area contributed by atoms with E-state index in [1.807, 2.05) is 0 Å². The summed E-state index contributed by atoms with van der Waals surface area (Å²) in [6.45, 7) is 0. The molecule has 0 bridgehead atoms. The maximum atomic E-state index is 12.1. The zero-order valence-electron chi connectivity index (χ0n) is 17.0. The summed E-state index contributed by atoms with van der Waals surface area (Å²) in [5, 5.41) is 35.7. The molecule has 168 valence electrons. The van der Waals surface area contributed by atoms with E-state index >= 15 is 0 Å². The first kappa shape index (κ1) is 22.7. The van der Waals surface area contributed by atoms with Gasteiger partial charge in [0.2, 0.25) is 5.75 Å². The molecule has 0 unspecified atom stereocenters. The molecule has 0 fully saturated rings. The van der Waals surface area contributed by atoms with Crippen LogP contribution in [0.25, 0.3) is 0 Å². The van der Waals surface area contributed by atoms with Crippen molar-refractivity contribution in [2.75, 3.05) is 7.11 Å². The van der Waals surface area contributed by atoms with Gasteiger partial charge >= 0.3 is 5.69 Å². The molecule has 3 aromatic rings. The molecule has 12 nitrogen and oxygen atoms in total. The van der Waals surface area contributed by atoms with Crippen LogP contribution in [0.1, 0.15) is 15.9 Å². The van der Waals surface area contributed by atoms with E-state index in [1.165, 1.54) is 37.6 Å². The van der Waals surface area contributed by atoms with Gasteiger partial charge in [-0.05, 0) is 42.0 Å². The molecule has 0 heterocycles. The summed E-state index contributed by atoms with van der Waals surface area (Å²) in [7, 11) is 1.35. The van der Waals surface area contributed by atoms with Crippen LogP contribution in [0.15, 0.2) is 65.8 Å². The Morgan fingerprint density at radius 3 is 2.39 bits per heavy atom. The number of nitro groups is 2. The van der Waals surface area contributed by atoms with Crippen LogP contribution in [0, 0.1) is 20.2 Å². The van der Waals surface area contributed by atoms with Crippen LogP contribution in [-0.2, 0) is 0 Å². The summed E-state index contributed by atoms with van der Waals surface area (Å²) in [5.41, 5.74) is 1.81. The largest absolute Gasteiger partial charge is 0.507 e. The number of carbonyl (C=O) groups is 1. The molecule has 3 rings (SSSR count). The lowest BCUT2D eigenvalue weighted by atomic mass is 10.2. The number of hydrogen-bond donors (Lipinski definition) is 2. The number of carbonyl (C=O) groups excluding carboxylic acids is 1. The number of nitrogens with one attached hydrogen (secondary N) is 1. The Balaban J connectivity index is 1.78. The first-order chi connectivity index (χ1) is 15.8. The lowest BCUT2D eigenvalue weighted by Crippen LogP contribution is -2.17. The molecule has 0 saturated heterocycles. The number of ether oxygens (including phenoxy) is 2. The van der Waals surface area contributed by atoms with Gasteiger partial charge in [0.25, 0.3) is 11.6 Å². The monoisotopic (exact) mass is 452 g/mol. The summed E-state index contributed by atoms with van der Waals surface area (Å²) in [4.78, 5) is 32.7. The molecule has 3 aromatic carbocycles. The van der Waals surface area contributed by atoms with Crippen molar-refractivity contribution >= 4 is 23.5 Å². The standard InChI is InChI=1S/C21H16N4O8/c1-32-20-10-13(12-22-23-21(27)15-4-2-3-5-17(15)26)6-8-19(20)33-18-9-7-14(24(28)29)11-16(18)25(30)31/h2-12,26H,1H3,(H,23,27). The van der Waals surface area contributed by atoms with Crippen LogP contribution in [0.4, 0.5) is 11.4 Å². The topological polar surface area (TPSA) is 166 Å². The highest BCUT2D eigenvalue weighted by Gasteiger charge is 2.22. The van der Waals surface area contributed by atoms with Crippen molar-refractivity contribution in [1.29, 1.82) is 0 Å². The summed E-state index contributed by atoms with van der Waals surface area (Å²) < 4.78 is 10.8. The molecule has 0 saturated carbocycles. The summed E-state index contributed by atoms with van der Waals surface area (Å²) in [6.07, 6.45) is 1.32. The number of hydrogen-bond acceptors (Lipinski definition) is 9.